The summed E-state index contributed by atoms with van der Waals surface area (Å²) in [5.41, 5.74) is 5.16. The van der Waals surface area contributed by atoms with Crippen molar-refractivity contribution in [3.63, 3.8) is 0 Å². The second-order valence-corrected chi connectivity index (χ2v) is 7.80. The molecule has 0 saturated carbocycles. The monoisotopic (exact) mass is 375 g/mol. The molecule has 1 saturated heterocycles. The standard InChI is InChI=1S/C15H16F3N3O3S/c16-15(17,18)11-2-1-3-12(8-11)25(22,23)21-6-4-10(5-7-21)13-9-14(19)24-20-13/h1-3,8-10H,4-7,19H2. The molecule has 1 aliphatic rings. The number of alkyl halides is 3. The molecule has 0 radical (unpaired) electrons. The number of piperidine rings is 1. The summed E-state index contributed by atoms with van der Waals surface area (Å²) in [7, 11) is -3.98. The highest BCUT2D eigenvalue weighted by Crippen LogP contribution is 2.33. The van der Waals surface area contributed by atoms with Crippen molar-refractivity contribution >= 4 is 15.9 Å². The Morgan fingerprint density at radius 3 is 2.44 bits per heavy atom. The molecule has 2 aromatic rings. The summed E-state index contributed by atoms with van der Waals surface area (Å²) in [4.78, 5) is -0.355. The van der Waals surface area contributed by atoms with E-state index in [2.05, 4.69) is 5.16 Å². The van der Waals surface area contributed by atoms with Crippen molar-refractivity contribution in [1.29, 1.82) is 0 Å². The SMILES string of the molecule is Nc1cc(C2CCN(S(=O)(=O)c3cccc(C(F)(F)F)c3)CC2)no1. The van der Waals surface area contributed by atoms with E-state index in [-0.39, 0.29) is 29.8 Å². The molecule has 136 valence electrons. The zero-order valence-electron chi connectivity index (χ0n) is 13.0. The van der Waals surface area contributed by atoms with Crippen LogP contribution in [-0.2, 0) is 16.2 Å². The molecule has 10 heteroatoms. The lowest BCUT2D eigenvalue weighted by molar-refractivity contribution is -0.137. The van der Waals surface area contributed by atoms with E-state index in [1.807, 2.05) is 0 Å². The molecule has 0 bridgehead atoms. The Balaban J connectivity index is 1.76. The summed E-state index contributed by atoms with van der Waals surface area (Å²) in [6.07, 6.45) is -3.61. The van der Waals surface area contributed by atoms with Gasteiger partial charge in [-0.15, -0.1) is 0 Å². The molecule has 0 spiro atoms. The van der Waals surface area contributed by atoms with Gasteiger partial charge in [-0.3, -0.25) is 0 Å². The molecule has 1 aromatic carbocycles. The molecule has 6 nitrogen and oxygen atoms in total. The first-order valence-electron chi connectivity index (χ1n) is 7.57. The zero-order valence-corrected chi connectivity index (χ0v) is 13.8. The van der Waals surface area contributed by atoms with E-state index in [0.717, 1.165) is 12.1 Å². The van der Waals surface area contributed by atoms with Gasteiger partial charge in [-0.25, -0.2) is 8.42 Å². The summed E-state index contributed by atoms with van der Waals surface area (Å²) in [6.45, 7) is 0.381. The first-order valence-corrected chi connectivity index (χ1v) is 9.01. The van der Waals surface area contributed by atoms with Gasteiger partial charge in [0, 0.05) is 25.1 Å². The van der Waals surface area contributed by atoms with E-state index >= 15 is 0 Å². The molecule has 2 heterocycles. The largest absolute Gasteiger partial charge is 0.416 e. The van der Waals surface area contributed by atoms with E-state index in [9.17, 15) is 21.6 Å². The number of nitrogen functional groups attached to an aromatic ring is 1. The van der Waals surface area contributed by atoms with Gasteiger partial charge in [0.1, 0.15) is 0 Å². The molecule has 3 rings (SSSR count). The maximum absolute atomic E-state index is 12.8. The van der Waals surface area contributed by atoms with Crippen molar-refractivity contribution in [2.75, 3.05) is 18.8 Å². The molecule has 25 heavy (non-hydrogen) atoms. The van der Waals surface area contributed by atoms with Gasteiger partial charge in [-0.05, 0) is 31.0 Å². The Morgan fingerprint density at radius 1 is 1.20 bits per heavy atom. The third-order valence-corrected chi connectivity index (χ3v) is 6.11. The highest BCUT2D eigenvalue weighted by atomic mass is 32.2. The molecule has 2 N–H and O–H groups in total. The van der Waals surface area contributed by atoms with Crippen molar-refractivity contribution in [3.8, 4) is 0 Å². The van der Waals surface area contributed by atoms with Gasteiger partial charge in [0.05, 0.1) is 16.2 Å². The molecular weight excluding hydrogens is 359 g/mol. The number of sulfonamides is 1. The Morgan fingerprint density at radius 2 is 1.88 bits per heavy atom. The maximum Gasteiger partial charge on any atom is 0.416 e. The highest BCUT2D eigenvalue weighted by Gasteiger charge is 2.34. The fourth-order valence-corrected chi connectivity index (χ4v) is 4.39. The number of rotatable bonds is 3. The number of hydrogen-bond donors (Lipinski definition) is 1. The number of aromatic nitrogens is 1. The molecule has 0 amide bonds. The van der Waals surface area contributed by atoms with E-state index in [4.69, 9.17) is 10.3 Å². The lowest BCUT2D eigenvalue weighted by atomic mass is 9.95. The van der Waals surface area contributed by atoms with E-state index in [0.29, 0.717) is 24.6 Å². The van der Waals surface area contributed by atoms with Gasteiger partial charge < -0.3 is 10.3 Å². The summed E-state index contributed by atoms with van der Waals surface area (Å²) >= 11 is 0. The Kier molecular flexibility index (Phi) is 4.50. The van der Waals surface area contributed by atoms with Crippen LogP contribution < -0.4 is 5.73 Å². The summed E-state index contributed by atoms with van der Waals surface area (Å²) < 4.78 is 69.7. The minimum Gasteiger partial charge on any atom is -0.368 e. The van der Waals surface area contributed by atoms with Crippen molar-refractivity contribution in [3.05, 3.63) is 41.6 Å². The van der Waals surface area contributed by atoms with Crippen LogP contribution in [0, 0.1) is 0 Å². The number of anilines is 1. The van der Waals surface area contributed by atoms with Crippen LogP contribution >= 0.6 is 0 Å². The smallest absolute Gasteiger partial charge is 0.368 e. The molecule has 1 aromatic heterocycles. The zero-order chi connectivity index (χ0) is 18.2. The van der Waals surface area contributed by atoms with Crippen LogP contribution in [0.2, 0.25) is 0 Å². The minimum atomic E-state index is -4.59. The van der Waals surface area contributed by atoms with Crippen LogP contribution in [0.3, 0.4) is 0 Å². The van der Waals surface area contributed by atoms with Crippen LogP contribution in [0.1, 0.15) is 30.0 Å². The summed E-state index contributed by atoms with van der Waals surface area (Å²) in [5, 5.41) is 3.83. The average Bonchev–Trinajstić information content (AvgIpc) is 3.01. The predicted octanol–water partition coefficient (Wildman–Crippen LogP) is 2.84. The number of nitrogens with zero attached hydrogens (tertiary/aromatic N) is 2. The fraction of sp³-hybridized carbons (Fsp3) is 0.400. The third-order valence-electron chi connectivity index (χ3n) is 4.22. The quantitative estimate of drug-likeness (QED) is 0.891. The van der Waals surface area contributed by atoms with Crippen molar-refractivity contribution in [2.45, 2.75) is 29.8 Å². The predicted molar refractivity (Wildman–Crippen MR) is 83.1 cm³/mol. The molecule has 0 aliphatic carbocycles. The summed E-state index contributed by atoms with van der Waals surface area (Å²) in [5.74, 6) is 0.197. The van der Waals surface area contributed by atoms with Crippen LogP contribution in [0.4, 0.5) is 19.1 Å². The van der Waals surface area contributed by atoms with E-state index in [1.54, 1.807) is 6.07 Å². The van der Waals surface area contributed by atoms with Gasteiger partial charge >= 0.3 is 6.18 Å². The maximum atomic E-state index is 12.8. The van der Waals surface area contributed by atoms with Gasteiger partial charge in [0.25, 0.3) is 0 Å². The topological polar surface area (TPSA) is 89.4 Å². The lowest BCUT2D eigenvalue weighted by Gasteiger charge is -2.30. The van der Waals surface area contributed by atoms with Gasteiger partial charge in [0.15, 0.2) is 0 Å². The molecule has 1 fully saturated rings. The summed E-state index contributed by atoms with van der Waals surface area (Å²) in [6, 6.07) is 5.39. The van der Waals surface area contributed by atoms with Crippen molar-refractivity contribution in [1.82, 2.24) is 9.46 Å². The molecule has 0 atom stereocenters. The first kappa shape index (κ1) is 17.7. The minimum absolute atomic E-state index is 0.00834. The van der Waals surface area contributed by atoms with Gasteiger partial charge in [0.2, 0.25) is 15.9 Å². The third kappa shape index (κ3) is 3.64. The van der Waals surface area contributed by atoms with Crippen molar-refractivity contribution in [2.24, 2.45) is 0 Å². The molecule has 1 aliphatic heterocycles. The lowest BCUT2D eigenvalue weighted by Crippen LogP contribution is -2.38. The number of nitrogens with two attached hydrogens (primary N) is 1. The van der Waals surface area contributed by atoms with Gasteiger partial charge in [-0.2, -0.15) is 17.5 Å². The molecule has 0 unspecified atom stereocenters. The first-order chi connectivity index (χ1) is 11.7. The second kappa shape index (κ2) is 6.34. The van der Waals surface area contributed by atoms with Crippen LogP contribution in [0.5, 0.6) is 0 Å². The number of benzene rings is 1. The van der Waals surface area contributed by atoms with Gasteiger partial charge in [-0.1, -0.05) is 11.2 Å². The Bertz CT molecular complexity index is 856. The number of halogens is 3. The average molecular weight is 375 g/mol. The highest BCUT2D eigenvalue weighted by molar-refractivity contribution is 7.89. The van der Waals surface area contributed by atoms with Crippen molar-refractivity contribution < 1.29 is 26.1 Å². The Labute approximate surface area is 142 Å². The fourth-order valence-electron chi connectivity index (χ4n) is 2.87. The van der Waals surface area contributed by atoms with Crippen LogP contribution in [0.15, 0.2) is 39.8 Å². The van der Waals surface area contributed by atoms with E-state index in [1.165, 1.54) is 10.4 Å². The van der Waals surface area contributed by atoms with E-state index < -0.39 is 21.8 Å². The number of hydrogen-bond acceptors (Lipinski definition) is 5. The van der Waals surface area contributed by atoms with Crippen LogP contribution in [-0.4, -0.2) is 31.0 Å². The second-order valence-electron chi connectivity index (χ2n) is 5.86. The van der Waals surface area contributed by atoms with Crippen LogP contribution in [0.25, 0.3) is 0 Å². The normalized spacial score (nSPS) is 17.7. The molecular formula is C15H16F3N3O3S. The Hall–Kier alpha value is -2.07.